The Hall–Kier alpha value is -0.280. The Labute approximate surface area is 117 Å². The van der Waals surface area contributed by atoms with Crippen LogP contribution in [0, 0.1) is 5.92 Å². The van der Waals surface area contributed by atoms with E-state index in [1.165, 1.54) is 38.5 Å². The van der Waals surface area contributed by atoms with Crippen LogP contribution in [0.15, 0.2) is 0 Å². The van der Waals surface area contributed by atoms with Gasteiger partial charge in [0.15, 0.2) is 0 Å². The summed E-state index contributed by atoms with van der Waals surface area (Å²) in [5, 5.41) is 6.49. The molecule has 1 aliphatic carbocycles. The Bertz CT molecular complexity index is 236. The minimum atomic E-state index is 0. The molecule has 0 radical (unpaired) electrons. The predicted molar refractivity (Wildman–Crippen MR) is 77.1 cm³/mol. The van der Waals surface area contributed by atoms with E-state index < -0.39 is 0 Å². The maximum absolute atomic E-state index is 11.8. The summed E-state index contributed by atoms with van der Waals surface area (Å²) in [4.78, 5) is 11.8. The van der Waals surface area contributed by atoms with Gasteiger partial charge in [0.05, 0.1) is 0 Å². The van der Waals surface area contributed by atoms with E-state index in [0.717, 1.165) is 38.3 Å². The summed E-state index contributed by atoms with van der Waals surface area (Å²) in [6, 6.07) is 0.377. The van der Waals surface area contributed by atoms with Gasteiger partial charge < -0.3 is 10.6 Å². The van der Waals surface area contributed by atoms with E-state index in [2.05, 4.69) is 10.6 Å². The molecule has 0 aromatic rings. The highest BCUT2D eigenvalue weighted by molar-refractivity contribution is 5.85. The third-order valence-electron chi connectivity index (χ3n) is 4.17. The summed E-state index contributed by atoms with van der Waals surface area (Å²) in [5.41, 5.74) is 0. The first-order valence-corrected chi connectivity index (χ1v) is 7.34. The molecule has 2 fully saturated rings. The van der Waals surface area contributed by atoms with Crippen molar-refractivity contribution in [2.45, 2.75) is 63.8 Å². The second kappa shape index (κ2) is 8.76. The third-order valence-corrected chi connectivity index (χ3v) is 4.17. The number of carbonyl (C=O) groups excluding carboxylic acids is 1. The zero-order valence-corrected chi connectivity index (χ0v) is 12.1. The maximum atomic E-state index is 11.8. The highest BCUT2D eigenvalue weighted by Crippen LogP contribution is 2.27. The number of amides is 1. The number of piperidine rings is 1. The second-order valence-corrected chi connectivity index (χ2v) is 5.65. The van der Waals surface area contributed by atoms with Crippen molar-refractivity contribution < 1.29 is 4.79 Å². The van der Waals surface area contributed by atoms with Gasteiger partial charge in [-0.25, -0.2) is 0 Å². The summed E-state index contributed by atoms with van der Waals surface area (Å²) >= 11 is 0. The molecule has 106 valence electrons. The molecule has 0 aromatic carbocycles. The van der Waals surface area contributed by atoms with Crippen molar-refractivity contribution >= 4 is 18.3 Å². The minimum absolute atomic E-state index is 0. The molecule has 4 heteroatoms. The number of halogens is 1. The molecule has 1 saturated heterocycles. The Morgan fingerprint density at radius 2 is 1.89 bits per heavy atom. The molecule has 1 atom stereocenters. The molecule has 1 amide bonds. The van der Waals surface area contributed by atoms with Crippen molar-refractivity contribution in [3.05, 3.63) is 0 Å². The Kier molecular flexibility index (Phi) is 7.68. The van der Waals surface area contributed by atoms with E-state index in [1.807, 2.05) is 0 Å². The summed E-state index contributed by atoms with van der Waals surface area (Å²) < 4.78 is 0. The van der Waals surface area contributed by atoms with Gasteiger partial charge in [0, 0.05) is 19.0 Å². The van der Waals surface area contributed by atoms with Crippen LogP contribution in [0.5, 0.6) is 0 Å². The molecule has 1 heterocycles. The van der Waals surface area contributed by atoms with Crippen LogP contribution in [0.25, 0.3) is 0 Å². The van der Waals surface area contributed by atoms with Gasteiger partial charge >= 0.3 is 0 Å². The number of rotatable bonds is 4. The normalized spacial score (nSPS) is 25.2. The first-order valence-electron chi connectivity index (χ1n) is 7.34. The molecular weight excluding hydrogens is 248 g/mol. The van der Waals surface area contributed by atoms with Crippen molar-refractivity contribution in [1.29, 1.82) is 0 Å². The molecule has 18 heavy (non-hydrogen) atoms. The van der Waals surface area contributed by atoms with Crippen LogP contribution in [-0.2, 0) is 4.79 Å². The minimum Gasteiger partial charge on any atom is -0.352 e. The van der Waals surface area contributed by atoms with Gasteiger partial charge in [0.25, 0.3) is 0 Å². The van der Waals surface area contributed by atoms with Gasteiger partial charge in [-0.3, -0.25) is 4.79 Å². The van der Waals surface area contributed by atoms with E-state index >= 15 is 0 Å². The number of carbonyl (C=O) groups is 1. The lowest BCUT2D eigenvalue weighted by molar-refractivity contribution is -0.122. The molecule has 2 aliphatic rings. The van der Waals surface area contributed by atoms with Gasteiger partial charge in [-0.2, -0.15) is 0 Å². The van der Waals surface area contributed by atoms with Crippen molar-refractivity contribution in [2.24, 2.45) is 5.92 Å². The van der Waals surface area contributed by atoms with E-state index in [0.29, 0.717) is 6.04 Å². The summed E-state index contributed by atoms with van der Waals surface area (Å²) in [7, 11) is 0. The van der Waals surface area contributed by atoms with Gasteiger partial charge in [-0.15, -0.1) is 12.4 Å². The largest absolute Gasteiger partial charge is 0.352 e. The predicted octanol–water partition coefficient (Wildman–Crippen LogP) is 2.64. The van der Waals surface area contributed by atoms with Crippen LogP contribution < -0.4 is 10.6 Å². The molecule has 1 aliphatic heterocycles. The zero-order valence-electron chi connectivity index (χ0n) is 11.2. The third kappa shape index (κ3) is 5.57. The quantitative estimate of drug-likeness (QED) is 0.828. The highest BCUT2D eigenvalue weighted by atomic mass is 35.5. The first-order chi connectivity index (χ1) is 8.34. The second-order valence-electron chi connectivity index (χ2n) is 5.65. The van der Waals surface area contributed by atoms with Crippen LogP contribution >= 0.6 is 12.4 Å². The Balaban J connectivity index is 0.00000162. The van der Waals surface area contributed by atoms with Crippen LogP contribution in [0.3, 0.4) is 0 Å². The lowest BCUT2D eigenvalue weighted by atomic mass is 9.86. The lowest BCUT2D eigenvalue weighted by Gasteiger charge is -2.25. The van der Waals surface area contributed by atoms with Crippen molar-refractivity contribution in [2.75, 3.05) is 13.1 Å². The Morgan fingerprint density at radius 3 is 2.56 bits per heavy atom. The van der Waals surface area contributed by atoms with E-state index in [-0.39, 0.29) is 18.3 Å². The van der Waals surface area contributed by atoms with Gasteiger partial charge in [-0.05, 0) is 31.7 Å². The maximum Gasteiger partial charge on any atom is 0.220 e. The molecule has 0 aromatic heterocycles. The Morgan fingerprint density at radius 1 is 1.11 bits per heavy atom. The van der Waals surface area contributed by atoms with Gasteiger partial charge in [0.1, 0.15) is 0 Å². The van der Waals surface area contributed by atoms with Crippen molar-refractivity contribution in [1.82, 2.24) is 10.6 Å². The summed E-state index contributed by atoms with van der Waals surface area (Å²) in [6.45, 7) is 2.06. The van der Waals surface area contributed by atoms with E-state index in [1.54, 1.807) is 0 Å². The number of nitrogens with one attached hydrogen (secondary N) is 2. The van der Waals surface area contributed by atoms with Gasteiger partial charge in [-0.1, -0.05) is 32.1 Å². The SMILES string of the molecule is Cl.O=C(CCC1CCCCC1)N[C@@H]1CCCNC1. The highest BCUT2D eigenvalue weighted by Gasteiger charge is 2.17. The van der Waals surface area contributed by atoms with Crippen LogP contribution in [0.2, 0.25) is 0 Å². The molecule has 0 unspecified atom stereocenters. The summed E-state index contributed by atoms with van der Waals surface area (Å²) in [6.07, 6.45) is 11.0. The molecule has 3 nitrogen and oxygen atoms in total. The van der Waals surface area contributed by atoms with Crippen LogP contribution in [0.4, 0.5) is 0 Å². The van der Waals surface area contributed by atoms with E-state index in [9.17, 15) is 4.79 Å². The topological polar surface area (TPSA) is 41.1 Å². The number of hydrogen-bond acceptors (Lipinski definition) is 2. The fourth-order valence-electron chi connectivity index (χ4n) is 3.09. The van der Waals surface area contributed by atoms with Gasteiger partial charge in [0.2, 0.25) is 5.91 Å². The fourth-order valence-corrected chi connectivity index (χ4v) is 3.09. The summed E-state index contributed by atoms with van der Waals surface area (Å²) in [5.74, 6) is 1.09. The van der Waals surface area contributed by atoms with Crippen LogP contribution in [-0.4, -0.2) is 25.0 Å². The fraction of sp³-hybridized carbons (Fsp3) is 0.929. The van der Waals surface area contributed by atoms with E-state index in [4.69, 9.17) is 0 Å². The lowest BCUT2D eigenvalue weighted by Crippen LogP contribution is -2.45. The molecule has 2 rings (SSSR count). The van der Waals surface area contributed by atoms with Crippen molar-refractivity contribution in [3.63, 3.8) is 0 Å². The molecule has 0 bridgehead atoms. The van der Waals surface area contributed by atoms with Crippen molar-refractivity contribution in [3.8, 4) is 0 Å². The number of hydrogen-bond donors (Lipinski definition) is 2. The molecule has 0 spiro atoms. The van der Waals surface area contributed by atoms with Crippen LogP contribution in [0.1, 0.15) is 57.8 Å². The standard InChI is InChI=1S/C14H26N2O.ClH/c17-14(16-13-7-4-10-15-11-13)9-8-12-5-2-1-3-6-12;/h12-13,15H,1-11H2,(H,16,17);1H/t13-;/m1./s1. The molecule has 1 saturated carbocycles. The zero-order chi connectivity index (χ0) is 11.9. The molecular formula is C14H27ClN2O. The average Bonchev–Trinajstić information content (AvgIpc) is 2.39. The smallest absolute Gasteiger partial charge is 0.220 e. The monoisotopic (exact) mass is 274 g/mol. The average molecular weight is 275 g/mol. The first kappa shape index (κ1) is 15.8. The molecule has 2 N–H and O–H groups in total.